The Labute approximate surface area is 96.1 Å². The van der Waals surface area contributed by atoms with Gasteiger partial charge < -0.3 is 10.2 Å². The van der Waals surface area contributed by atoms with Gasteiger partial charge in [0.2, 0.25) is 0 Å². The van der Waals surface area contributed by atoms with Crippen LogP contribution in [-0.4, -0.2) is 46.7 Å². The Morgan fingerprint density at radius 1 is 1.25 bits per heavy atom. The lowest BCUT2D eigenvalue weighted by molar-refractivity contribution is -0.149. The Bertz CT molecular complexity index is 240. The second kappa shape index (κ2) is 7.22. The molecule has 0 radical (unpaired) electrons. The monoisotopic (exact) mass is 231 g/mol. The minimum atomic E-state index is -1.08. The summed E-state index contributed by atoms with van der Waals surface area (Å²) in [7, 11) is 1.65. The Morgan fingerprint density at radius 2 is 1.81 bits per heavy atom. The van der Waals surface area contributed by atoms with Gasteiger partial charge in [0.15, 0.2) is 0 Å². The van der Waals surface area contributed by atoms with Crippen molar-refractivity contribution in [2.24, 2.45) is 5.92 Å². The van der Waals surface area contributed by atoms with Crippen LogP contribution in [0.4, 0.5) is 0 Å². The first-order chi connectivity index (χ1) is 7.34. The molecule has 0 rings (SSSR count). The molecule has 0 aromatic rings. The van der Waals surface area contributed by atoms with Crippen LogP contribution >= 0.6 is 0 Å². The predicted molar refractivity (Wildman–Crippen MR) is 60.4 cm³/mol. The summed E-state index contributed by atoms with van der Waals surface area (Å²) in [5, 5.41) is 17.5. The van der Waals surface area contributed by atoms with Crippen LogP contribution in [0.3, 0.4) is 0 Å². The van der Waals surface area contributed by atoms with Crippen molar-refractivity contribution in [3.8, 4) is 0 Å². The van der Waals surface area contributed by atoms with Crippen molar-refractivity contribution >= 4 is 11.9 Å². The maximum absolute atomic E-state index is 10.9. The number of carbonyl (C=O) groups is 2. The number of hydrogen-bond acceptors (Lipinski definition) is 3. The average molecular weight is 231 g/mol. The number of hydrogen-bond donors (Lipinski definition) is 2. The van der Waals surface area contributed by atoms with Crippen molar-refractivity contribution in [1.82, 2.24) is 4.90 Å². The minimum absolute atomic E-state index is 0.354. The molecule has 5 nitrogen and oxygen atoms in total. The molecule has 0 bridgehead atoms. The highest BCUT2D eigenvalue weighted by Gasteiger charge is 2.24. The van der Waals surface area contributed by atoms with Crippen molar-refractivity contribution in [3.63, 3.8) is 0 Å². The van der Waals surface area contributed by atoms with Crippen molar-refractivity contribution < 1.29 is 19.8 Å². The first-order valence-corrected chi connectivity index (χ1v) is 5.49. The van der Waals surface area contributed by atoms with Crippen molar-refractivity contribution in [1.29, 1.82) is 0 Å². The van der Waals surface area contributed by atoms with E-state index in [1.54, 1.807) is 11.9 Å². The van der Waals surface area contributed by atoms with Crippen molar-refractivity contribution in [3.05, 3.63) is 0 Å². The molecule has 0 aliphatic heterocycles. The molecule has 0 aromatic carbocycles. The smallest absolute Gasteiger partial charge is 0.321 e. The summed E-state index contributed by atoms with van der Waals surface area (Å²) in [6.45, 7) is 4.82. The summed E-state index contributed by atoms with van der Waals surface area (Å²) in [6, 6.07) is -0.926. The molecule has 0 aromatic heterocycles. The van der Waals surface area contributed by atoms with E-state index in [2.05, 4.69) is 13.8 Å². The molecule has 0 saturated heterocycles. The zero-order chi connectivity index (χ0) is 12.7. The lowest BCUT2D eigenvalue weighted by atomic mass is 10.1. The highest BCUT2D eigenvalue weighted by molar-refractivity contribution is 5.80. The highest BCUT2D eigenvalue weighted by atomic mass is 16.4. The van der Waals surface area contributed by atoms with E-state index in [0.29, 0.717) is 12.5 Å². The molecular weight excluding hydrogens is 210 g/mol. The van der Waals surface area contributed by atoms with Gasteiger partial charge in [-0.1, -0.05) is 13.8 Å². The van der Waals surface area contributed by atoms with Gasteiger partial charge in [-0.3, -0.25) is 14.5 Å². The van der Waals surface area contributed by atoms with Crippen LogP contribution in [0.15, 0.2) is 0 Å². The molecule has 16 heavy (non-hydrogen) atoms. The van der Waals surface area contributed by atoms with E-state index >= 15 is 0 Å². The third-order valence-corrected chi connectivity index (χ3v) is 2.48. The zero-order valence-electron chi connectivity index (χ0n) is 10.1. The first-order valence-electron chi connectivity index (χ1n) is 5.49. The number of likely N-dealkylation sites (N-methyl/N-ethyl adjacent to an activating group) is 1. The largest absolute Gasteiger partial charge is 0.481 e. The quantitative estimate of drug-likeness (QED) is 0.658. The lowest BCUT2D eigenvalue weighted by Crippen LogP contribution is -2.40. The van der Waals surface area contributed by atoms with Gasteiger partial charge in [-0.2, -0.15) is 0 Å². The molecule has 1 atom stereocenters. The molecule has 0 aliphatic rings. The van der Waals surface area contributed by atoms with Gasteiger partial charge in [-0.15, -0.1) is 0 Å². The fourth-order valence-electron chi connectivity index (χ4n) is 1.50. The number of carboxylic acids is 2. The van der Waals surface area contributed by atoms with Gasteiger partial charge >= 0.3 is 11.9 Å². The topological polar surface area (TPSA) is 77.8 Å². The Hall–Kier alpha value is -1.10. The van der Waals surface area contributed by atoms with Crippen LogP contribution in [0.25, 0.3) is 0 Å². The Morgan fingerprint density at radius 3 is 2.19 bits per heavy atom. The van der Waals surface area contributed by atoms with Crippen LogP contribution < -0.4 is 0 Å². The van der Waals surface area contributed by atoms with Gasteiger partial charge in [-0.05, 0) is 32.4 Å². The van der Waals surface area contributed by atoms with Crippen LogP contribution in [0.1, 0.15) is 33.1 Å². The van der Waals surface area contributed by atoms with Crippen molar-refractivity contribution in [2.75, 3.05) is 13.6 Å². The van der Waals surface area contributed by atoms with E-state index in [1.165, 1.54) is 0 Å². The van der Waals surface area contributed by atoms with Gasteiger partial charge in [-0.25, -0.2) is 0 Å². The second-order valence-corrected chi connectivity index (χ2v) is 4.47. The number of rotatable bonds is 8. The SMILES string of the molecule is CC(C)CCCN(C)C(CC(=O)O)C(=O)O. The molecule has 94 valence electrons. The fourth-order valence-corrected chi connectivity index (χ4v) is 1.50. The third-order valence-electron chi connectivity index (χ3n) is 2.48. The van der Waals surface area contributed by atoms with E-state index in [0.717, 1.165) is 12.8 Å². The standard InChI is InChI=1S/C11H21NO4/c1-8(2)5-4-6-12(3)9(11(15)16)7-10(13)14/h8-9H,4-7H2,1-3H3,(H,13,14)(H,15,16). The summed E-state index contributed by atoms with van der Waals surface area (Å²) in [5.74, 6) is -1.58. The Kier molecular flexibility index (Phi) is 6.72. The van der Waals surface area contributed by atoms with Crippen LogP contribution in [-0.2, 0) is 9.59 Å². The predicted octanol–water partition coefficient (Wildman–Crippen LogP) is 1.28. The molecule has 2 N–H and O–H groups in total. The zero-order valence-corrected chi connectivity index (χ0v) is 10.1. The normalized spacial score (nSPS) is 13.1. The van der Waals surface area contributed by atoms with E-state index in [4.69, 9.17) is 10.2 Å². The van der Waals surface area contributed by atoms with Gasteiger partial charge in [0.1, 0.15) is 6.04 Å². The number of nitrogens with zero attached hydrogens (tertiary/aromatic N) is 1. The molecular formula is C11H21NO4. The number of aliphatic carboxylic acids is 2. The van der Waals surface area contributed by atoms with Gasteiger partial charge in [0.05, 0.1) is 6.42 Å². The number of carboxylic acid groups (broad SMARTS) is 2. The van der Waals surface area contributed by atoms with E-state index in [9.17, 15) is 9.59 Å². The van der Waals surface area contributed by atoms with E-state index in [-0.39, 0.29) is 6.42 Å². The molecule has 0 aliphatic carbocycles. The fraction of sp³-hybridized carbons (Fsp3) is 0.818. The summed E-state index contributed by atoms with van der Waals surface area (Å²) in [6.07, 6.45) is 1.55. The molecule has 0 saturated carbocycles. The van der Waals surface area contributed by atoms with Crippen LogP contribution in [0, 0.1) is 5.92 Å². The Balaban J connectivity index is 4.12. The minimum Gasteiger partial charge on any atom is -0.481 e. The molecule has 0 fully saturated rings. The molecule has 0 heterocycles. The summed E-state index contributed by atoms with van der Waals surface area (Å²) >= 11 is 0. The first kappa shape index (κ1) is 14.9. The lowest BCUT2D eigenvalue weighted by Gasteiger charge is -2.23. The summed E-state index contributed by atoms with van der Waals surface area (Å²) < 4.78 is 0. The van der Waals surface area contributed by atoms with E-state index in [1.807, 2.05) is 0 Å². The van der Waals surface area contributed by atoms with Gasteiger partial charge in [0.25, 0.3) is 0 Å². The maximum Gasteiger partial charge on any atom is 0.321 e. The molecule has 5 heteroatoms. The van der Waals surface area contributed by atoms with Gasteiger partial charge in [0, 0.05) is 0 Å². The maximum atomic E-state index is 10.9. The average Bonchev–Trinajstić information content (AvgIpc) is 2.12. The second-order valence-electron chi connectivity index (χ2n) is 4.47. The highest BCUT2D eigenvalue weighted by Crippen LogP contribution is 2.08. The summed E-state index contributed by atoms with van der Waals surface area (Å²) in [4.78, 5) is 23.0. The van der Waals surface area contributed by atoms with Crippen LogP contribution in [0.5, 0.6) is 0 Å². The molecule has 1 unspecified atom stereocenters. The molecule has 0 spiro atoms. The van der Waals surface area contributed by atoms with Crippen molar-refractivity contribution in [2.45, 2.75) is 39.2 Å². The molecule has 0 amide bonds. The third kappa shape index (κ3) is 6.40. The van der Waals surface area contributed by atoms with E-state index < -0.39 is 18.0 Å². The van der Waals surface area contributed by atoms with Crippen LogP contribution in [0.2, 0.25) is 0 Å². The summed E-state index contributed by atoms with van der Waals surface area (Å²) in [5.41, 5.74) is 0.